The van der Waals surface area contributed by atoms with E-state index >= 15 is 0 Å². The third-order valence-corrected chi connectivity index (χ3v) is 3.16. The van der Waals surface area contributed by atoms with Gasteiger partial charge in [-0.05, 0) is 31.5 Å². The summed E-state index contributed by atoms with van der Waals surface area (Å²) in [4.78, 5) is 12.1. The minimum Gasteiger partial charge on any atom is -0.347 e. The van der Waals surface area contributed by atoms with Crippen molar-refractivity contribution in [2.24, 2.45) is 12.8 Å². The van der Waals surface area contributed by atoms with Crippen LogP contribution in [0.15, 0.2) is 24.3 Å². The van der Waals surface area contributed by atoms with Crippen LogP contribution in [0.3, 0.4) is 0 Å². The van der Waals surface area contributed by atoms with Gasteiger partial charge in [0, 0.05) is 30.5 Å². The molecule has 96 valence electrons. The number of nitrogens with zero attached hydrogens (tertiary/aromatic N) is 1. The van der Waals surface area contributed by atoms with Crippen LogP contribution in [-0.2, 0) is 7.05 Å². The number of amides is 1. The first-order chi connectivity index (χ1) is 8.52. The Balaban J connectivity index is 2.40. The molecule has 0 radical (unpaired) electrons. The third-order valence-electron chi connectivity index (χ3n) is 3.16. The minimum absolute atomic E-state index is 0.0164. The van der Waals surface area contributed by atoms with Crippen LogP contribution >= 0.6 is 0 Å². The van der Waals surface area contributed by atoms with Gasteiger partial charge in [-0.25, -0.2) is 0 Å². The highest BCUT2D eigenvalue weighted by Gasteiger charge is 2.14. The number of rotatable bonds is 3. The number of nitrogens with one attached hydrogen (secondary N) is 1. The summed E-state index contributed by atoms with van der Waals surface area (Å²) in [6.45, 7) is 4.38. The quantitative estimate of drug-likeness (QED) is 0.862. The van der Waals surface area contributed by atoms with E-state index in [1.165, 1.54) is 5.56 Å². The molecule has 4 heteroatoms. The molecule has 1 atom stereocenters. The van der Waals surface area contributed by atoms with E-state index in [2.05, 4.69) is 11.4 Å². The van der Waals surface area contributed by atoms with E-state index in [0.29, 0.717) is 12.2 Å². The highest BCUT2D eigenvalue weighted by atomic mass is 16.2. The van der Waals surface area contributed by atoms with Gasteiger partial charge in [-0.15, -0.1) is 0 Å². The van der Waals surface area contributed by atoms with Crippen molar-refractivity contribution in [2.75, 3.05) is 6.54 Å². The number of aryl methyl sites for hydroxylation is 2. The second-order valence-corrected chi connectivity index (χ2v) is 4.76. The van der Waals surface area contributed by atoms with Gasteiger partial charge >= 0.3 is 0 Å². The van der Waals surface area contributed by atoms with Gasteiger partial charge in [0.2, 0.25) is 0 Å². The average Bonchev–Trinajstić information content (AvgIpc) is 2.66. The Morgan fingerprint density at radius 1 is 1.44 bits per heavy atom. The first-order valence-electron chi connectivity index (χ1n) is 6.10. The van der Waals surface area contributed by atoms with Crippen molar-refractivity contribution in [3.63, 3.8) is 0 Å². The predicted molar refractivity (Wildman–Crippen MR) is 73.6 cm³/mol. The van der Waals surface area contributed by atoms with Crippen molar-refractivity contribution in [2.45, 2.75) is 19.9 Å². The van der Waals surface area contributed by atoms with E-state index in [1.807, 2.05) is 43.7 Å². The van der Waals surface area contributed by atoms with Gasteiger partial charge in [-0.2, -0.15) is 0 Å². The highest BCUT2D eigenvalue weighted by molar-refractivity contribution is 5.98. The van der Waals surface area contributed by atoms with Gasteiger partial charge in [0.25, 0.3) is 5.91 Å². The number of aromatic nitrogens is 1. The topological polar surface area (TPSA) is 60.1 Å². The Labute approximate surface area is 107 Å². The molecule has 0 aliphatic rings. The predicted octanol–water partition coefficient (Wildman–Crippen LogP) is 1.56. The van der Waals surface area contributed by atoms with E-state index < -0.39 is 0 Å². The molecule has 0 saturated heterocycles. The summed E-state index contributed by atoms with van der Waals surface area (Å²) in [6, 6.07) is 8.06. The largest absolute Gasteiger partial charge is 0.347 e. The zero-order valence-electron chi connectivity index (χ0n) is 11.0. The Morgan fingerprint density at radius 2 is 2.17 bits per heavy atom. The Bertz CT molecular complexity index is 586. The molecule has 3 N–H and O–H groups in total. The normalized spacial score (nSPS) is 12.7. The third kappa shape index (κ3) is 2.24. The molecular formula is C14H19N3O. The van der Waals surface area contributed by atoms with Crippen LogP contribution in [-0.4, -0.2) is 23.1 Å². The van der Waals surface area contributed by atoms with E-state index in [1.54, 1.807) is 0 Å². The van der Waals surface area contributed by atoms with Gasteiger partial charge in [-0.1, -0.05) is 12.1 Å². The standard InChI is InChI=1S/C14H19N3O/c1-9-4-5-11-7-13(17(3)12(11)6-9)14(18)16-10(2)8-15/h4-7,10H,8,15H2,1-3H3,(H,16,18). The van der Waals surface area contributed by atoms with E-state index in [9.17, 15) is 4.79 Å². The zero-order chi connectivity index (χ0) is 13.3. The van der Waals surface area contributed by atoms with Gasteiger partial charge in [-0.3, -0.25) is 4.79 Å². The number of fused-ring (bicyclic) bond motifs is 1. The smallest absolute Gasteiger partial charge is 0.268 e. The summed E-state index contributed by atoms with van der Waals surface area (Å²) < 4.78 is 1.92. The summed E-state index contributed by atoms with van der Waals surface area (Å²) >= 11 is 0. The molecule has 0 saturated carbocycles. The van der Waals surface area contributed by atoms with Gasteiger partial charge < -0.3 is 15.6 Å². The number of carbonyl (C=O) groups is 1. The molecule has 18 heavy (non-hydrogen) atoms. The van der Waals surface area contributed by atoms with E-state index in [0.717, 1.165) is 10.9 Å². The van der Waals surface area contributed by atoms with Crippen LogP contribution in [0, 0.1) is 6.92 Å². The number of hydrogen-bond acceptors (Lipinski definition) is 2. The lowest BCUT2D eigenvalue weighted by Gasteiger charge is -2.11. The summed E-state index contributed by atoms with van der Waals surface area (Å²) in [7, 11) is 1.91. The average molecular weight is 245 g/mol. The summed E-state index contributed by atoms with van der Waals surface area (Å²) in [6.07, 6.45) is 0. The molecular weight excluding hydrogens is 226 g/mol. The van der Waals surface area contributed by atoms with Crippen molar-refractivity contribution >= 4 is 16.8 Å². The fraction of sp³-hybridized carbons (Fsp3) is 0.357. The second-order valence-electron chi connectivity index (χ2n) is 4.76. The van der Waals surface area contributed by atoms with Crippen molar-refractivity contribution in [1.29, 1.82) is 0 Å². The lowest BCUT2D eigenvalue weighted by Crippen LogP contribution is -2.38. The fourth-order valence-electron chi connectivity index (χ4n) is 2.01. The van der Waals surface area contributed by atoms with Crippen LogP contribution in [0.1, 0.15) is 23.0 Å². The summed E-state index contributed by atoms with van der Waals surface area (Å²) in [5, 5.41) is 3.95. The lowest BCUT2D eigenvalue weighted by molar-refractivity contribution is 0.0933. The van der Waals surface area contributed by atoms with Gasteiger partial charge in [0.1, 0.15) is 5.69 Å². The van der Waals surface area contributed by atoms with Crippen molar-refractivity contribution in [1.82, 2.24) is 9.88 Å². The van der Waals surface area contributed by atoms with Crippen LogP contribution in [0.5, 0.6) is 0 Å². The van der Waals surface area contributed by atoms with Gasteiger partial charge in [0.15, 0.2) is 0 Å². The van der Waals surface area contributed by atoms with E-state index in [4.69, 9.17) is 5.73 Å². The zero-order valence-corrected chi connectivity index (χ0v) is 11.0. The number of hydrogen-bond donors (Lipinski definition) is 2. The second kappa shape index (κ2) is 4.82. The molecule has 0 spiro atoms. The molecule has 1 aromatic heterocycles. The summed E-state index contributed by atoms with van der Waals surface area (Å²) in [5.41, 5.74) is 8.43. The Kier molecular flexibility index (Phi) is 3.39. The summed E-state index contributed by atoms with van der Waals surface area (Å²) in [5.74, 6) is -0.0793. The molecule has 4 nitrogen and oxygen atoms in total. The molecule has 1 unspecified atom stereocenters. The van der Waals surface area contributed by atoms with Crippen LogP contribution in [0.2, 0.25) is 0 Å². The monoisotopic (exact) mass is 245 g/mol. The maximum absolute atomic E-state index is 12.1. The lowest BCUT2D eigenvalue weighted by atomic mass is 10.2. The molecule has 0 fully saturated rings. The van der Waals surface area contributed by atoms with Crippen molar-refractivity contribution in [3.05, 3.63) is 35.5 Å². The molecule has 1 aromatic carbocycles. The Hall–Kier alpha value is -1.81. The number of carbonyl (C=O) groups excluding carboxylic acids is 1. The molecule has 0 aliphatic carbocycles. The maximum atomic E-state index is 12.1. The molecule has 2 rings (SSSR count). The minimum atomic E-state index is -0.0793. The molecule has 1 amide bonds. The van der Waals surface area contributed by atoms with Crippen LogP contribution < -0.4 is 11.1 Å². The molecule has 0 bridgehead atoms. The Morgan fingerprint density at radius 3 is 2.83 bits per heavy atom. The maximum Gasteiger partial charge on any atom is 0.268 e. The number of benzene rings is 1. The van der Waals surface area contributed by atoms with Crippen molar-refractivity contribution in [3.8, 4) is 0 Å². The molecule has 0 aliphatic heterocycles. The highest BCUT2D eigenvalue weighted by Crippen LogP contribution is 2.20. The SMILES string of the molecule is Cc1ccc2cc(C(=O)NC(C)CN)n(C)c2c1. The fourth-order valence-corrected chi connectivity index (χ4v) is 2.01. The first-order valence-corrected chi connectivity index (χ1v) is 6.10. The first kappa shape index (κ1) is 12.6. The van der Waals surface area contributed by atoms with Gasteiger partial charge in [0.05, 0.1) is 0 Å². The number of nitrogens with two attached hydrogens (primary N) is 1. The molecule has 2 aromatic rings. The molecule has 1 heterocycles. The van der Waals surface area contributed by atoms with Crippen molar-refractivity contribution < 1.29 is 4.79 Å². The van der Waals surface area contributed by atoms with Crippen LogP contribution in [0.25, 0.3) is 10.9 Å². The van der Waals surface area contributed by atoms with Crippen LogP contribution in [0.4, 0.5) is 0 Å². The van der Waals surface area contributed by atoms with E-state index in [-0.39, 0.29) is 11.9 Å².